The van der Waals surface area contributed by atoms with Gasteiger partial charge in [-0.15, -0.1) is 6.58 Å². The number of carbonyl (C=O) groups is 1. The monoisotopic (exact) mass is 327 g/mol. The van der Waals surface area contributed by atoms with Crippen molar-refractivity contribution in [3.05, 3.63) is 60.2 Å². The Morgan fingerprint density at radius 1 is 1.08 bits per heavy atom. The summed E-state index contributed by atoms with van der Waals surface area (Å²) in [5.41, 5.74) is 1.90. The molecule has 0 saturated carbocycles. The number of nitrogens with one attached hydrogen (secondary N) is 1. The number of hydrogen-bond acceptors (Lipinski definition) is 4. The van der Waals surface area contributed by atoms with E-state index >= 15 is 0 Å². The van der Waals surface area contributed by atoms with E-state index in [1.54, 1.807) is 44.6 Å². The smallest absolute Gasteiger partial charge is 0.255 e. The number of para-hydroxylation sites is 2. The van der Waals surface area contributed by atoms with Gasteiger partial charge in [0.15, 0.2) is 11.5 Å². The second-order valence-corrected chi connectivity index (χ2v) is 5.02. The molecule has 0 radical (unpaired) electrons. The molecule has 0 aliphatic rings. The molecule has 5 nitrogen and oxygen atoms in total. The zero-order valence-electron chi connectivity index (χ0n) is 14.1. The summed E-state index contributed by atoms with van der Waals surface area (Å²) < 4.78 is 16.0. The summed E-state index contributed by atoms with van der Waals surface area (Å²) in [6, 6.07) is 10.7. The van der Waals surface area contributed by atoms with Gasteiger partial charge in [-0.2, -0.15) is 0 Å². The summed E-state index contributed by atoms with van der Waals surface area (Å²) in [5, 5.41) is 2.85. The Morgan fingerprint density at radius 3 is 2.42 bits per heavy atom. The molecule has 126 valence electrons. The first-order valence-corrected chi connectivity index (χ1v) is 7.44. The third-order valence-electron chi connectivity index (χ3n) is 3.54. The molecule has 0 fully saturated rings. The molecular weight excluding hydrogens is 306 g/mol. The molecule has 1 N–H and O–H groups in total. The van der Waals surface area contributed by atoms with Gasteiger partial charge < -0.3 is 19.5 Å². The molecule has 2 aromatic carbocycles. The first kappa shape index (κ1) is 17.4. The molecule has 0 aliphatic carbocycles. The van der Waals surface area contributed by atoms with E-state index in [4.69, 9.17) is 14.2 Å². The lowest BCUT2D eigenvalue weighted by Gasteiger charge is -2.15. The van der Waals surface area contributed by atoms with Gasteiger partial charge >= 0.3 is 0 Å². The van der Waals surface area contributed by atoms with Crippen LogP contribution in [0.3, 0.4) is 0 Å². The minimum Gasteiger partial charge on any atom is -0.495 e. The average molecular weight is 327 g/mol. The lowest BCUT2D eigenvalue weighted by atomic mass is 10.0. The molecule has 1 amide bonds. The Kier molecular flexibility index (Phi) is 5.84. The molecular formula is C19H21NO4. The highest BCUT2D eigenvalue weighted by Gasteiger charge is 2.16. The van der Waals surface area contributed by atoms with Crippen LogP contribution in [0.15, 0.2) is 49.1 Å². The maximum atomic E-state index is 12.6. The summed E-state index contributed by atoms with van der Waals surface area (Å²) in [7, 11) is 4.67. The lowest BCUT2D eigenvalue weighted by molar-refractivity contribution is 0.102. The van der Waals surface area contributed by atoms with Crippen molar-refractivity contribution in [1.82, 2.24) is 0 Å². The molecule has 0 aromatic heterocycles. The molecule has 0 saturated heterocycles. The normalized spacial score (nSPS) is 9.96. The summed E-state index contributed by atoms with van der Waals surface area (Å²) >= 11 is 0. The SMILES string of the molecule is C=CCc1cc(C(=O)Nc2ccccc2OC)cc(OC)c1OC. The fraction of sp³-hybridized carbons (Fsp3) is 0.211. The van der Waals surface area contributed by atoms with E-state index in [9.17, 15) is 4.79 Å². The Balaban J connectivity index is 2.38. The van der Waals surface area contributed by atoms with Crippen LogP contribution in [0.25, 0.3) is 0 Å². The van der Waals surface area contributed by atoms with Crippen LogP contribution in [0.5, 0.6) is 17.2 Å². The molecule has 0 atom stereocenters. The van der Waals surface area contributed by atoms with Crippen molar-refractivity contribution in [2.75, 3.05) is 26.6 Å². The molecule has 5 heteroatoms. The predicted molar refractivity (Wildman–Crippen MR) is 94.4 cm³/mol. The Bertz CT molecular complexity index is 740. The van der Waals surface area contributed by atoms with Crippen molar-refractivity contribution in [2.24, 2.45) is 0 Å². The largest absolute Gasteiger partial charge is 0.495 e. The maximum absolute atomic E-state index is 12.6. The minimum atomic E-state index is -0.259. The maximum Gasteiger partial charge on any atom is 0.255 e. The van der Waals surface area contributed by atoms with Crippen molar-refractivity contribution in [1.29, 1.82) is 0 Å². The number of anilines is 1. The van der Waals surface area contributed by atoms with Crippen molar-refractivity contribution >= 4 is 11.6 Å². The van der Waals surface area contributed by atoms with Gasteiger partial charge in [-0.1, -0.05) is 18.2 Å². The van der Waals surface area contributed by atoms with Crippen LogP contribution in [0, 0.1) is 0 Å². The van der Waals surface area contributed by atoms with Gasteiger partial charge in [-0.25, -0.2) is 0 Å². The average Bonchev–Trinajstić information content (AvgIpc) is 2.61. The van der Waals surface area contributed by atoms with E-state index in [0.29, 0.717) is 34.9 Å². The Morgan fingerprint density at radius 2 is 1.79 bits per heavy atom. The number of carbonyl (C=O) groups excluding carboxylic acids is 1. The first-order chi connectivity index (χ1) is 11.6. The summed E-state index contributed by atoms with van der Waals surface area (Å²) in [4.78, 5) is 12.6. The van der Waals surface area contributed by atoms with Crippen molar-refractivity contribution in [3.8, 4) is 17.2 Å². The van der Waals surface area contributed by atoms with E-state index in [2.05, 4.69) is 11.9 Å². The van der Waals surface area contributed by atoms with E-state index in [1.807, 2.05) is 12.1 Å². The molecule has 2 aromatic rings. The second-order valence-electron chi connectivity index (χ2n) is 5.02. The molecule has 2 rings (SSSR count). The van der Waals surface area contributed by atoms with Crippen molar-refractivity contribution in [3.63, 3.8) is 0 Å². The van der Waals surface area contributed by atoms with E-state index in [-0.39, 0.29) is 5.91 Å². The van der Waals surface area contributed by atoms with Crippen LogP contribution in [0.1, 0.15) is 15.9 Å². The van der Waals surface area contributed by atoms with Crippen LogP contribution >= 0.6 is 0 Å². The molecule has 0 heterocycles. The van der Waals surface area contributed by atoms with Gasteiger partial charge in [0.25, 0.3) is 5.91 Å². The van der Waals surface area contributed by atoms with Crippen LogP contribution in [0.2, 0.25) is 0 Å². The lowest BCUT2D eigenvalue weighted by Crippen LogP contribution is -2.13. The van der Waals surface area contributed by atoms with Crippen LogP contribution in [-0.4, -0.2) is 27.2 Å². The quantitative estimate of drug-likeness (QED) is 0.788. The van der Waals surface area contributed by atoms with Gasteiger partial charge in [0, 0.05) is 11.1 Å². The predicted octanol–water partition coefficient (Wildman–Crippen LogP) is 3.69. The van der Waals surface area contributed by atoms with Gasteiger partial charge in [-0.05, 0) is 30.7 Å². The molecule has 0 aliphatic heterocycles. The van der Waals surface area contributed by atoms with Crippen molar-refractivity contribution < 1.29 is 19.0 Å². The number of rotatable bonds is 7. The zero-order valence-corrected chi connectivity index (χ0v) is 14.1. The molecule has 0 bridgehead atoms. The number of ether oxygens (including phenoxy) is 3. The molecule has 24 heavy (non-hydrogen) atoms. The van der Waals surface area contributed by atoms with E-state index < -0.39 is 0 Å². The van der Waals surface area contributed by atoms with Gasteiger partial charge in [-0.3, -0.25) is 4.79 Å². The summed E-state index contributed by atoms with van der Waals surface area (Å²) in [6.45, 7) is 3.74. The van der Waals surface area contributed by atoms with Crippen LogP contribution < -0.4 is 19.5 Å². The Labute approximate surface area is 141 Å². The van der Waals surface area contributed by atoms with Gasteiger partial charge in [0.2, 0.25) is 0 Å². The molecule has 0 spiro atoms. The number of amides is 1. The Hall–Kier alpha value is -2.95. The highest BCUT2D eigenvalue weighted by atomic mass is 16.5. The topological polar surface area (TPSA) is 56.8 Å². The first-order valence-electron chi connectivity index (χ1n) is 7.44. The van der Waals surface area contributed by atoms with Crippen LogP contribution in [0.4, 0.5) is 5.69 Å². The molecule has 0 unspecified atom stereocenters. The zero-order chi connectivity index (χ0) is 17.5. The summed E-state index contributed by atoms with van der Waals surface area (Å²) in [6.07, 6.45) is 2.31. The van der Waals surface area contributed by atoms with Crippen LogP contribution in [-0.2, 0) is 6.42 Å². The number of allylic oxidation sites excluding steroid dienone is 1. The standard InChI is InChI=1S/C19H21NO4/c1-5-8-13-11-14(12-17(23-3)18(13)24-4)19(21)20-15-9-6-7-10-16(15)22-2/h5-7,9-12H,1,8H2,2-4H3,(H,20,21). The van der Waals surface area contributed by atoms with Gasteiger partial charge in [0.1, 0.15) is 5.75 Å². The fourth-order valence-electron chi connectivity index (χ4n) is 2.42. The van der Waals surface area contributed by atoms with Gasteiger partial charge in [0.05, 0.1) is 27.0 Å². The highest BCUT2D eigenvalue weighted by Crippen LogP contribution is 2.33. The third kappa shape index (κ3) is 3.68. The van der Waals surface area contributed by atoms with E-state index in [0.717, 1.165) is 5.56 Å². The fourth-order valence-corrected chi connectivity index (χ4v) is 2.42. The number of benzene rings is 2. The number of hydrogen-bond donors (Lipinski definition) is 1. The number of methoxy groups -OCH3 is 3. The summed E-state index contributed by atoms with van der Waals surface area (Å²) in [5.74, 6) is 1.44. The minimum absolute atomic E-state index is 0.259. The van der Waals surface area contributed by atoms with Crippen molar-refractivity contribution in [2.45, 2.75) is 6.42 Å². The third-order valence-corrected chi connectivity index (χ3v) is 3.54. The van der Waals surface area contributed by atoms with E-state index in [1.165, 1.54) is 7.11 Å². The second kappa shape index (κ2) is 8.06. The highest BCUT2D eigenvalue weighted by molar-refractivity contribution is 6.05.